The van der Waals surface area contributed by atoms with Gasteiger partial charge in [0, 0.05) is 13.0 Å². The van der Waals surface area contributed by atoms with Crippen molar-refractivity contribution >= 4 is 5.91 Å². The molecule has 0 fully saturated rings. The first-order chi connectivity index (χ1) is 13.6. The van der Waals surface area contributed by atoms with Gasteiger partial charge in [-0.1, -0.05) is 42.5 Å². The Morgan fingerprint density at radius 1 is 1.04 bits per heavy atom. The van der Waals surface area contributed by atoms with E-state index in [4.69, 9.17) is 9.47 Å². The molecule has 0 aliphatic heterocycles. The van der Waals surface area contributed by atoms with Crippen LogP contribution in [0.25, 0.3) is 0 Å². The van der Waals surface area contributed by atoms with Crippen LogP contribution in [0, 0.1) is 0 Å². The number of phenolic OH excluding ortho intramolecular Hbond substituents is 1. The molecule has 2 aromatic rings. The molecule has 2 aromatic carbocycles. The zero-order chi connectivity index (χ0) is 20.2. The summed E-state index contributed by atoms with van der Waals surface area (Å²) >= 11 is 0. The molecule has 0 saturated carbocycles. The highest BCUT2D eigenvalue weighted by Gasteiger charge is 2.15. The number of phenols is 1. The van der Waals surface area contributed by atoms with Crippen LogP contribution in [0.15, 0.2) is 54.6 Å². The summed E-state index contributed by atoms with van der Waals surface area (Å²) in [5, 5.41) is 12.5. The molecular formula is C23H31NO4. The van der Waals surface area contributed by atoms with Gasteiger partial charge in [-0.2, -0.15) is 0 Å². The van der Waals surface area contributed by atoms with E-state index in [0.29, 0.717) is 39.1 Å². The first kappa shape index (κ1) is 21.9. The molecule has 152 valence electrons. The maximum atomic E-state index is 12.4. The molecule has 0 bridgehead atoms. The highest BCUT2D eigenvalue weighted by atomic mass is 16.5. The summed E-state index contributed by atoms with van der Waals surface area (Å²) in [5.74, 6) is 0.239. The number of carbonyl (C=O) groups excluding carboxylic acids is 1. The lowest BCUT2D eigenvalue weighted by atomic mass is 10.1. The van der Waals surface area contributed by atoms with Crippen molar-refractivity contribution in [2.45, 2.75) is 45.3 Å². The van der Waals surface area contributed by atoms with Crippen LogP contribution in [0.2, 0.25) is 0 Å². The number of nitrogens with one attached hydrogen (secondary N) is 1. The second-order valence-electron chi connectivity index (χ2n) is 6.92. The normalized spacial score (nSPS) is 13.1. The maximum Gasteiger partial charge on any atom is 0.220 e. The quantitative estimate of drug-likeness (QED) is 0.587. The lowest BCUT2D eigenvalue weighted by Gasteiger charge is -2.20. The van der Waals surface area contributed by atoms with Crippen molar-refractivity contribution in [1.82, 2.24) is 5.32 Å². The van der Waals surface area contributed by atoms with Gasteiger partial charge in [0.25, 0.3) is 0 Å². The van der Waals surface area contributed by atoms with Gasteiger partial charge >= 0.3 is 0 Å². The van der Waals surface area contributed by atoms with E-state index in [1.54, 1.807) is 12.1 Å². The van der Waals surface area contributed by atoms with E-state index in [0.717, 1.165) is 11.1 Å². The molecule has 0 aliphatic rings. The van der Waals surface area contributed by atoms with Gasteiger partial charge in [-0.05, 0) is 49.9 Å². The minimum absolute atomic E-state index is 0.00841. The number of hydrogen-bond acceptors (Lipinski definition) is 4. The van der Waals surface area contributed by atoms with E-state index < -0.39 is 0 Å². The molecule has 0 heterocycles. The average molecular weight is 386 g/mol. The summed E-state index contributed by atoms with van der Waals surface area (Å²) in [5.41, 5.74) is 2.18. The zero-order valence-electron chi connectivity index (χ0n) is 16.8. The minimum Gasteiger partial charge on any atom is -0.508 e. The van der Waals surface area contributed by atoms with E-state index in [1.807, 2.05) is 56.3 Å². The van der Waals surface area contributed by atoms with Crippen LogP contribution in [0.5, 0.6) is 5.75 Å². The lowest BCUT2D eigenvalue weighted by molar-refractivity contribution is -0.122. The van der Waals surface area contributed by atoms with Crippen molar-refractivity contribution in [3.05, 3.63) is 65.7 Å². The van der Waals surface area contributed by atoms with Gasteiger partial charge in [-0.3, -0.25) is 4.79 Å². The van der Waals surface area contributed by atoms with Crippen LogP contribution >= 0.6 is 0 Å². The highest BCUT2D eigenvalue weighted by Crippen LogP contribution is 2.12. The van der Waals surface area contributed by atoms with E-state index >= 15 is 0 Å². The summed E-state index contributed by atoms with van der Waals surface area (Å²) in [6, 6.07) is 16.9. The molecule has 5 nitrogen and oxygen atoms in total. The Kier molecular flexibility index (Phi) is 9.52. The monoisotopic (exact) mass is 385 g/mol. The number of carbonyl (C=O) groups is 1. The number of hydrogen-bond donors (Lipinski definition) is 2. The van der Waals surface area contributed by atoms with Crippen molar-refractivity contribution in [2.75, 3.05) is 19.8 Å². The predicted molar refractivity (Wildman–Crippen MR) is 110 cm³/mol. The van der Waals surface area contributed by atoms with E-state index in [-0.39, 0.29) is 23.8 Å². The number of rotatable bonds is 12. The Balaban J connectivity index is 1.88. The summed E-state index contributed by atoms with van der Waals surface area (Å²) in [7, 11) is 0. The van der Waals surface area contributed by atoms with Crippen LogP contribution in [-0.4, -0.2) is 43.0 Å². The van der Waals surface area contributed by atoms with Crippen LogP contribution in [0.1, 0.15) is 31.4 Å². The predicted octanol–water partition coefficient (Wildman–Crippen LogP) is 3.49. The Labute approximate surface area is 167 Å². The fourth-order valence-electron chi connectivity index (χ4n) is 2.98. The lowest BCUT2D eigenvalue weighted by Crippen LogP contribution is -2.40. The topological polar surface area (TPSA) is 67.8 Å². The Hall–Kier alpha value is -2.37. The van der Waals surface area contributed by atoms with Gasteiger partial charge in [0.05, 0.1) is 25.4 Å². The van der Waals surface area contributed by atoms with Gasteiger partial charge < -0.3 is 19.9 Å². The molecule has 0 aliphatic carbocycles. The summed E-state index contributed by atoms with van der Waals surface area (Å²) in [6.07, 6.45) is 1.81. The molecule has 0 aromatic heterocycles. The van der Waals surface area contributed by atoms with Gasteiger partial charge in [0.15, 0.2) is 0 Å². The van der Waals surface area contributed by atoms with Crippen molar-refractivity contribution < 1.29 is 19.4 Å². The number of aromatic hydroxyl groups is 1. The number of ether oxygens (including phenoxy) is 2. The minimum atomic E-state index is -0.137. The summed E-state index contributed by atoms with van der Waals surface area (Å²) < 4.78 is 11.3. The molecule has 0 radical (unpaired) electrons. The third-order valence-corrected chi connectivity index (χ3v) is 4.39. The van der Waals surface area contributed by atoms with Gasteiger partial charge in [-0.15, -0.1) is 0 Å². The fourth-order valence-corrected chi connectivity index (χ4v) is 2.98. The van der Waals surface area contributed by atoms with E-state index in [9.17, 15) is 9.90 Å². The number of amides is 1. The molecule has 2 atom stereocenters. The first-order valence-electron chi connectivity index (χ1n) is 9.87. The molecule has 2 rings (SSSR count). The first-order valence-corrected chi connectivity index (χ1v) is 9.87. The molecule has 5 heteroatoms. The Morgan fingerprint density at radius 3 is 2.43 bits per heavy atom. The molecule has 28 heavy (non-hydrogen) atoms. The Bertz CT molecular complexity index is 688. The molecule has 0 spiro atoms. The smallest absolute Gasteiger partial charge is 0.220 e. The van der Waals surface area contributed by atoms with Gasteiger partial charge in [0.1, 0.15) is 5.75 Å². The summed E-state index contributed by atoms with van der Waals surface area (Å²) in [6.45, 7) is 5.47. The second kappa shape index (κ2) is 12.2. The average Bonchev–Trinajstić information content (AvgIpc) is 2.69. The second-order valence-corrected chi connectivity index (χ2v) is 6.92. The molecule has 2 N–H and O–H groups in total. The third-order valence-electron chi connectivity index (χ3n) is 4.39. The van der Waals surface area contributed by atoms with Crippen LogP contribution in [0.3, 0.4) is 0 Å². The largest absolute Gasteiger partial charge is 0.508 e. The van der Waals surface area contributed by atoms with Crippen molar-refractivity contribution in [1.29, 1.82) is 0 Å². The van der Waals surface area contributed by atoms with Crippen molar-refractivity contribution in [3.8, 4) is 5.75 Å². The standard InChI is InChI=1S/C23H31NO4/c1-3-28-18(2)16-27-17-21(15-20-9-12-22(25)13-10-20)24-23(26)14-11-19-7-5-4-6-8-19/h4-10,12-13,18,21,25H,3,11,14-17H2,1-2H3,(H,24,26)/t18-,21?/m0/s1. The number of benzene rings is 2. The molecule has 1 unspecified atom stereocenters. The van der Waals surface area contributed by atoms with Crippen LogP contribution < -0.4 is 5.32 Å². The number of aryl methyl sites for hydroxylation is 1. The molecule has 0 saturated heterocycles. The molecule has 1 amide bonds. The van der Waals surface area contributed by atoms with Crippen LogP contribution in [-0.2, 0) is 27.1 Å². The van der Waals surface area contributed by atoms with E-state index in [2.05, 4.69) is 5.32 Å². The highest BCUT2D eigenvalue weighted by molar-refractivity contribution is 5.76. The van der Waals surface area contributed by atoms with Crippen LogP contribution in [0.4, 0.5) is 0 Å². The van der Waals surface area contributed by atoms with Gasteiger partial charge in [0.2, 0.25) is 5.91 Å². The maximum absolute atomic E-state index is 12.4. The van der Waals surface area contributed by atoms with Crippen molar-refractivity contribution in [3.63, 3.8) is 0 Å². The zero-order valence-corrected chi connectivity index (χ0v) is 16.8. The SMILES string of the molecule is CCO[C@@H](C)COCC(Cc1ccc(O)cc1)NC(=O)CCc1ccccc1. The Morgan fingerprint density at radius 2 is 1.75 bits per heavy atom. The van der Waals surface area contributed by atoms with E-state index in [1.165, 1.54) is 0 Å². The van der Waals surface area contributed by atoms with Crippen molar-refractivity contribution in [2.24, 2.45) is 0 Å². The molecular weight excluding hydrogens is 354 g/mol. The third kappa shape index (κ3) is 8.55. The summed E-state index contributed by atoms with van der Waals surface area (Å²) in [4.78, 5) is 12.4. The van der Waals surface area contributed by atoms with Gasteiger partial charge in [-0.25, -0.2) is 0 Å². The fraction of sp³-hybridized carbons (Fsp3) is 0.435.